The van der Waals surface area contributed by atoms with E-state index < -0.39 is 0 Å². The van der Waals surface area contributed by atoms with Gasteiger partial charge in [-0.2, -0.15) is 0 Å². The molecule has 1 amide bonds. The second kappa shape index (κ2) is 7.35. The molecule has 0 aliphatic heterocycles. The van der Waals surface area contributed by atoms with Crippen LogP contribution in [0.3, 0.4) is 0 Å². The van der Waals surface area contributed by atoms with Gasteiger partial charge in [-0.3, -0.25) is 4.79 Å². The van der Waals surface area contributed by atoms with Gasteiger partial charge in [0.15, 0.2) is 0 Å². The second-order valence-electron chi connectivity index (χ2n) is 7.14. The van der Waals surface area contributed by atoms with E-state index in [2.05, 4.69) is 10.3 Å². The van der Waals surface area contributed by atoms with Crippen LogP contribution < -0.4 is 11.1 Å². The zero-order chi connectivity index (χ0) is 18.8. The summed E-state index contributed by atoms with van der Waals surface area (Å²) in [6.07, 6.45) is 7.14. The number of hydrogen-bond donors (Lipinski definition) is 2. The lowest BCUT2D eigenvalue weighted by Crippen LogP contribution is -2.36. The Morgan fingerprint density at radius 3 is 2.59 bits per heavy atom. The normalized spacial score (nSPS) is 15.0. The molecule has 5 heteroatoms. The third-order valence-electron chi connectivity index (χ3n) is 5.26. The highest BCUT2D eigenvalue weighted by Crippen LogP contribution is 2.29. The predicted octanol–water partition coefficient (Wildman–Crippen LogP) is 4.69. The van der Waals surface area contributed by atoms with E-state index in [0.717, 1.165) is 42.2 Å². The summed E-state index contributed by atoms with van der Waals surface area (Å²) in [7, 11) is 0. The maximum absolute atomic E-state index is 13.5. The number of nitrogens with two attached hydrogens (primary N) is 1. The lowest BCUT2D eigenvalue weighted by Gasteiger charge is -2.23. The van der Waals surface area contributed by atoms with Gasteiger partial charge < -0.3 is 11.1 Å². The largest absolute Gasteiger partial charge is 0.383 e. The van der Waals surface area contributed by atoms with Crippen LogP contribution in [0.25, 0.3) is 21.9 Å². The maximum Gasteiger partial charge on any atom is 0.253 e. The SMILES string of the molecule is Nc1ncc(C(=O)NC2CCCCC2)c2ccc(-c3cccc(F)c3)cc12. The summed E-state index contributed by atoms with van der Waals surface area (Å²) in [6, 6.07) is 12.2. The van der Waals surface area contributed by atoms with Crippen LogP contribution in [-0.4, -0.2) is 16.9 Å². The fourth-order valence-corrected chi connectivity index (χ4v) is 3.80. The Balaban J connectivity index is 1.70. The molecule has 0 atom stereocenters. The van der Waals surface area contributed by atoms with Gasteiger partial charge in [0.05, 0.1) is 5.56 Å². The number of carbonyl (C=O) groups is 1. The zero-order valence-corrected chi connectivity index (χ0v) is 15.0. The van der Waals surface area contributed by atoms with E-state index in [4.69, 9.17) is 5.73 Å². The van der Waals surface area contributed by atoms with Gasteiger partial charge in [0, 0.05) is 17.6 Å². The van der Waals surface area contributed by atoms with Crippen molar-refractivity contribution in [1.29, 1.82) is 0 Å². The summed E-state index contributed by atoms with van der Waals surface area (Å²) in [5.41, 5.74) is 8.18. The summed E-state index contributed by atoms with van der Waals surface area (Å²) >= 11 is 0. The minimum atomic E-state index is -0.292. The first-order valence-corrected chi connectivity index (χ1v) is 9.37. The molecular weight excluding hydrogens is 341 g/mol. The van der Waals surface area contributed by atoms with Gasteiger partial charge in [-0.05, 0) is 47.6 Å². The lowest BCUT2D eigenvalue weighted by atomic mass is 9.95. The Kier molecular flexibility index (Phi) is 4.75. The number of benzene rings is 2. The van der Waals surface area contributed by atoms with E-state index in [1.165, 1.54) is 24.8 Å². The van der Waals surface area contributed by atoms with E-state index >= 15 is 0 Å². The Labute approximate surface area is 157 Å². The zero-order valence-electron chi connectivity index (χ0n) is 15.0. The third-order valence-corrected chi connectivity index (χ3v) is 5.26. The first-order valence-electron chi connectivity index (χ1n) is 9.37. The van der Waals surface area contributed by atoms with E-state index in [-0.39, 0.29) is 17.8 Å². The molecule has 138 valence electrons. The monoisotopic (exact) mass is 363 g/mol. The quantitative estimate of drug-likeness (QED) is 0.710. The molecule has 1 aliphatic rings. The first kappa shape index (κ1) is 17.5. The van der Waals surface area contributed by atoms with E-state index in [9.17, 15) is 9.18 Å². The highest BCUT2D eigenvalue weighted by Gasteiger charge is 2.19. The molecule has 0 bridgehead atoms. The molecule has 1 aromatic heterocycles. The molecule has 1 aliphatic carbocycles. The van der Waals surface area contributed by atoms with Crippen LogP contribution in [0.2, 0.25) is 0 Å². The Bertz CT molecular complexity index is 996. The van der Waals surface area contributed by atoms with Gasteiger partial charge in [0.25, 0.3) is 5.91 Å². The molecule has 0 saturated heterocycles. The number of anilines is 1. The fraction of sp³-hybridized carbons (Fsp3) is 0.273. The minimum Gasteiger partial charge on any atom is -0.383 e. The fourth-order valence-electron chi connectivity index (χ4n) is 3.80. The molecule has 0 unspecified atom stereocenters. The van der Waals surface area contributed by atoms with Crippen molar-refractivity contribution in [2.45, 2.75) is 38.1 Å². The van der Waals surface area contributed by atoms with Gasteiger partial charge >= 0.3 is 0 Å². The van der Waals surface area contributed by atoms with Gasteiger partial charge in [-0.25, -0.2) is 9.37 Å². The summed E-state index contributed by atoms with van der Waals surface area (Å²) in [4.78, 5) is 17.0. The second-order valence-corrected chi connectivity index (χ2v) is 7.14. The Morgan fingerprint density at radius 1 is 1.04 bits per heavy atom. The highest BCUT2D eigenvalue weighted by molar-refractivity contribution is 6.09. The van der Waals surface area contributed by atoms with Crippen LogP contribution in [0, 0.1) is 5.82 Å². The van der Waals surface area contributed by atoms with Gasteiger partial charge in [-0.15, -0.1) is 0 Å². The van der Waals surface area contributed by atoms with Crippen molar-refractivity contribution in [2.75, 3.05) is 5.73 Å². The highest BCUT2D eigenvalue weighted by atomic mass is 19.1. The van der Waals surface area contributed by atoms with Crippen molar-refractivity contribution >= 4 is 22.5 Å². The van der Waals surface area contributed by atoms with E-state index in [0.29, 0.717) is 16.8 Å². The number of rotatable bonds is 3. The van der Waals surface area contributed by atoms with Gasteiger partial charge in [-0.1, -0.05) is 43.5 Å². The van der Waals surface area contributed by atoms with Crippen molar-refractivity contribution in [2.24, 2.45) is 0 Å². The van der Waals surface area contributed by atoms with Crippen LogP contribution in [-0.2, 0) is 0 Å². The van der Waals surface area contributed by atoms with Crippen LogP contribution >= 0.6 is 0 Å². The van der Waals surface area contributed by atoms with Crippen molar-refractivity contribution in [1.82, 2.24) is 10.3 Å². The van der Waals surface area contributed by atoms with Crippen LogP contribution in [0.1, 0.15) is 42.5 Å². The number of fused-ring (bicyclic) bond motifs is 1. The third kappa shape index (κ3) is 3.63. The summed E-state index contributed by atoms with van der Waals surface area (Å²) < 4.78 is 13.5. The standard InChI is InChI=1S/C22H22FN3O/c23-16-6-4-5-14(11-16)15-9-10-18-19(12-15)21(24)25-13-20(18)22(27)26-17-7-2-1-3-8-17/h4-6,9-13,17H,1-3,7-8H2,(H2,24,25)(H,26,27). The molecule has 27 heavy (non-hydrogen) atoms. The molecule has 0 spiro atoms. The topological polar surface area (TPSA) is 68.0 Å². The van der Waals surface area contributed by atoms with E-state index in [1.807, 2.05) is 24.3 Å². The number of nitrogens with one attached hydrogen (secondary N) is 1. The Hall–Kier alpha value is -2.95. The van der Waals surface area contributed by atoms with Crippen LogP contribution in [0.5, 0.6) is 0 Å². The van der Waals surface area contributed by atoms with Crippen molar-refractivity contribution in [3.05, 3.63) is 60.0 Å². The molecule has 0 radical (unpaired) electrons. The number of nitrogen functional groups attached to an aromatic ring is 1. The molecule has 1 fully saturated rings. The molecule has 3 aromatic rings. The number of hydrogen-bond acceptors (Lipinski definition) is 3. The molecule has 4 rings (SSSR count). The molecule has 1 saturated carbocycles. The molecule has 3 N–H and O–H groups in total. The minimum absolute atomic E-state index is 0.113. The van der Waals surface area contributed by atoms with Gasteiger partial charge in [0.1, 0.15) is 11.6 Å². The average molecular weight is 363 g/mol. The smallest absolute Gasteiger partial charge is 0.253 e. The first-order chi connectivity index (χ1) is 13.1. The lowest BCUT2D eigenvalue weighted by molar-refractivity contribution is 0.0929. The molecule has 1 heterocycles. The number of aromatic nitrogens is 1. The molecular formula is C22H22FN3O. The summed E-state index contributed by atoms with van der Waals surface area (Å²) in [5.74, 6) is -0.0466. The number of pyridine rings is 1. The van der Waals surface area contributed by atoms with Crippen LogP contribution in [0.15, 0.2) is 48.7 Å². The molecule has 2 aromatic carbocycles. The van der Waals surface area contributed by atoms with E-state index in [1.54, 1.807) is 6.07 Å². The van der Waals surface area contributed by atoms with Crippen molar-refractivity contribution < 1.29 is 9.18 Å². The number of amides is 1. The summed E-state index contributed by atoms with van der Waals surface area (Å²) in [6.45, 7) is 0. The number of carbonyl (C=O) groups excluding carboxylic acids is 1. The van der Waals surface area contributed by atoms with Crippen molar-refractivity contribution in [3.8, 4) is 11.1 Å². The van der Waals surface area contributed by atoms with Crippen molar-refractivity contribution in [3.63, 3.8) is 0 Å². The number of nitrogens with zero attached hydrogens (tertiary/aromatic N) is 1. The summed E-state index contributed by atoms with van der Waals surface area (Å²) in [5, 5.41) is 4.59. The van der Waals surface area contributed by atoms with Crippen LogP contribution in [0.4, 0.5) is 10.2 Å². The van der Waals surface area contributed by atoms with Gasteiger partial charge in [0.2, 0.25) is 0 Å². The average Bonchev–Trinajstić information content (AvgIpc) is 2.69. The maximum atomic E-state index is 13.5. The number of halogens is 1. The molecule has 4 nitrogen and oxygen atoms in total. The Morgan fingerprint density at radius 2 is 1.81 bits per heavy atom. The predicted molar refractivity (Wildman–Crippen MR) is 106 cm³/mol.